The highest BCUT2D eigenvalue weighted by Gasteiger charge is 2.35. The number of fused-ring (bicyclic) bond motifs is 1. The molecule has 0 saturated carbocycles. The molecule has 1 aliphatic heterocycles. The smallest absolute Gasteiger partial charge is 0.267 e. The first-order valence-corrected chi connectivity index (χ1v) is 6.44. The highest BCUT2D eigenvalue weighted by atomic mass is 16.2. The van der Waals surface area contributed by atoms with Crippen LogP contribution in [0.15, 0.2) is 41.5 Å². The Morgan fingerprint density at radius 3 is 2.37 bits per heavy atom. The lowest BCUT2D eigenvalue weighted by atomic mass is 9.96. The van der Waals surface area contributed by atoms with E-state index < -0.39 is 0 Å². The van der Waals surface area contributed by atoms with Crippen molar-refractivity contribution in [2.45, 2.75) is 19.3 Å². The average molecular weight is 254 g/mol. The third-order valence-electron chi connectivity index (χ3n) is 3.48. The zero-order chi connectivity index (χ0) is 13.2. The van der Waals surface area contributed by atoms with Gasteiger partial charge in [-0.05, 0) is 37.3 Å². The topological polar surface area (TPSA) is 49.7 Å². The van der Waals surface area contributed by atoms with E-state index in [0.717, 1.165) is 24.3 Å². The molecule has 96 valence electrons. The molecular weight excluding hydrogens is 240 g/mol. The van der Waals surface area contributed by atoms with Gasteiger partial charge in [-0.25, -0.2) is 0 Å². The van der Waals surface area contributed by atoms with Crippen LogP contribution in [0.25, 0.3) is 0 Å². The molecule has 0 spiro atoms. The maximum absolute atomic E-state index is 12.1. The van der Waals surface area contributed by atoms with E-state index in [1.165, 1.54) is 0 Å². The van der Waals surface area contributed by atoms with Gasteiger partial charge >= 0.3 is 0 Å². The van der Waals surface area contributed by atoms with E-state index in [2.05, 4.69) is 17.3 Å². The zero-order valence-corrected chi connectivity index (χ0v) is 10.5. The van der Waals surface area contributed by atoms with Crippen LogP contribution in [0.2, 0.25) is 0 Å². The largest absolute Gasteiger partial charge is 0.282 e. The van der Waals surface area contributed by atoms with Gasteiger partial charge in [-0.2, -0.15) is 10.1 Å². The molecule has 1 aromatic carbocycles. The van der Waals surface area contributed by atoms with Crippen LogP contribution < -0.4 is 0 Å². The number of benzene rings is 1. The molecule has 2 aliphatic rings. The Bertz CT molecular complexity index is 555. The molecule has 0 aromatic heterocycles. The van der Waals surface area contributed by atoms with Crippen LogP contribution in [-0.4, -0.2) is 23.0 Å². The number of nitrogens with zero attached hydrogens (tertiary/aromatic N) is 2. The van der Waals surface area contributed by atoms with Crippen molar-refractivity contribution in [1.29, 1.82) is 0 Å². The standard InChI is InChI=1S/C15H14N2O2/c18-14-12-8-4-5-9-13(12)15(19)17(14)16-10-11-6-2-1-3-7-11/h1-2,4-5,8-11H,3,6-7H2/b16-10-/t11-/m1/s1. The molecule has 0 fully saturated rings. The van der Waals surface area contributed by atoms with Crippen LogP contribution in [-0.2, 0) is 0 Å². The Balaban J connectivity index is 1.80. The van der Waals surface area contributed by atoms with Crippen molar-refractivity contribution in [2.75, 3.05) is 0 Å². The van der Waals surface area contributed by atoms with Crippen molar-refractivity contribution in [3.05, 3.63) is 47.5 Å². The third-order valence-corrected chi connectivity index (χ3v) is 3.48. The number of hydrazone groups is 1. The normalized spacial score (nSPS) is 22.3. The van der Waals surface area contributed by atoms with Gasteiger partial charge in [0, 0.05) is 6.21 Å². The Morgan fingerprint density at radius 2 is 1.79 bits per heavy atom. The van der Waals surface area contributed by atoms with E-state index in [0.29, 0.717) is 17.0 Å². The molecule has 0 radical (unpaired) electrons. The van der Waals surface area contributed by atoms with E-state index in [9.17, 15) is 9.59 Å². The van der Waals surface area contributed by atoms with E-state index in [-0.39, 0.29) is 11.8 Å². The molecule has 0 bridgehead atoms. The lowest BCUT2D eigenvalue weighted by Crippen LogP contribution is -2.24. The van der Waals surface area contributed by atoms with Crippen LogP contribution in [0.1, 0.15) is 40.0 Å². The summed E-state index contributed by atoms with van der Waals surface area (Å²) in [5.41, 5.74) is 0.876. The van der Waals surface area contributed by atoms with Gasteiger partial charge in [0.05, 0.1) is 11.1 Å². The predicted molar refractivity (Wildman–Crippen MR) is 71.9 cm³/mol. The molecule has 4 heteroatoms. The quantitative estimate of drug-likeness (QED) is 0.463. The molecule has 1 heterocycles. The summed E-state index contributed by atoms with van der Waals surface area (Å²) in [5.74, 6) is -0.347. The second kappa shape index (κ2) is 4.80. The molecule has 4 nitrogen and oxygen atoms in total. The number of carbonyl (C=O) groups excluding carboxylic acids is 2. The third kappa shape index (κ3) is 2.10. The Labute approximate surface area is 111 Å². The SMILES string of the molecule is O=C1c2ccccc2C(=O)N1/N=C\[C@@H]1CC=CCC1. The van der Waals surface area contributed by atoms with Gasteiger partial charge < -0.3 is 0 Å². The molecule has 0 saturated heterocycles. The summed E-state index contributed by atoms with van der Waals surface area (Å²) in [4.78, 5) is 24.1. The van der Waals surface area contributed by atoms with E-state index in [1.807, 2.05) is 0 Å². The van der Waals surface area contributed by atoms with Crippen LogP contribution in [0, 0.1) is 5.92 Å². The summed E-state index contributed by atoms with van der Waals surface area (Å²) in [6.07, 6.45) is 8.95. The van der Waals surface area contributed by atoms with Crippen LogP contribution >= 0.6 is 0 Å². The maximum Gasteiger partial charge on any atom is 0.282 e. The Hall–Kier alpha value is -2.23. The van der Waals surface area contributed by atoms with Gasteiger partial charge in [-0.1, -0.05) is 24.3 Å². The second-order valence-corrected chi connectivity index (χ2v) is 4.78. The first kappa shape index (κ1) is 11.8. The Morgan fingerprint density at radius 1 is 1.11 bits per heavy atom. The van der Waals surface area contributed by atoms with Crippen molar-refractivity contribution >= 4 is 18.0 Å². The summed E-state index contributed by atoms with van der Waals surface area (Å²) in [5, 5.41) is 5.07. The lowest BCUT2D eigenvalue weighted by molar-refractivity contribution is 0.0659. The first-order valence-electron chi connectivity index (χ1n) is 6.44. The molecule has 2 amide bonds. The summed E-state index contributed by atoms with van der Waals surface area (Å²) in [6, 6.07) is 6.83. The molecule has 3 rings (SSSR count). The van der Waals surface area contributed by atoms with Crippen molar-refractivity contribution < 1.29 is 9.59 Å². The average Bonchev–Trinajstić information content (AvgIpc) is 2.71. The van der Waals surface area contributed by atoms with Gasteiger partial charge in [-0.15, -0.1) is 0 Å². The highest BCUT2D eigenvalue weighted by Crippen LogP contribution is 2.23. The number of rotatable bonds is 2. The fourth-order valence-electron chi connectivity index (χ4n) is 2.39. The van der Waals surface area contributed by atoms with Gasteiger partial charge in [0.2, 0.25) is 0 Å². The fraction of sp³-hybridized carbons (Fsp3) is 0.267. The minimum absolute atomic E-state index is 0.314. The first-order chi connectivity index (χ1) is 9.27. The second-order valence-electron chi connectivity index (χ2n) is 4.78. The van der Waals surface area contributed by atoms with E-state index in [1.54, 1.807) is 30.5 Å². The number of amides is 2. The van der Waals surface area contributed by atoms with Gasteiger partial charge in [0.1, 0.15) is 0 Å². The number of imide groups is 1. The maximum atomic E-state index is 12.1. The summed E-state index contributed by atoms with van der Waals surface area (Å²) < 4.78 is 0. The van der Waals surface area contributed by atoms with Crippen molar-refractivity contribution in [2.24, 2.45) is 11.0 Å². The summed E-state index contributed by atoms with van der Waals surface area (Å²) >= 11 is 0. The van der Waals surface area contributed by atoms with Crippen LogP contribution in [0.5, 0.6) is 0 Å². The molecular formula is C15H14N2O2. The number of hydrogen-bond acceptors (Lipinski definition) is 3. The van der Waals surface area contributed by atoms with Crippen molar-refractivity contribution in [3.63, 3.8) is 0 Å². The predicted octanol–water partition coefficient (Wildman–Crippen LogP) is 2.62. The molecule has 0 unspecified atom stereocenters. The number of hydrogen-bond donors (Lipinski definition) is 0. The van der Waals surface area contributed by atoms with Crippen LogP contribution in [0.3, 0.4) is 0 Å². The lowest BCUT2D eigenvalue weighted by Gasteiger charge is -2.13. The fourth-order valence-corrected chi connectivity index (χ4v) is 2.39. The van der Waals surface area contributed by atoms with Crippen molar-refractivity contribution in [3.8, 4) is 0 Å². The molecule has 1 aliphatic carbocycles. The zero-order valence-electron chi connectivity index (χ0n) is 10.5. The molecule has 1 atom stereocenters. The van der Waals surface area contributed by atoms with Crippen molar-refractivity contribution in [1.82, 2.24) is 5.01 Å². The monoisotopic (exact) mass is 254 g/mol. The minimum Gasteiger partial charge on any atom is -0.267 e. The van der Waals surface area contributed by atoms with Gasteiger partial charge in [0.25, 0.3) is 11.8 Å². The van der Waals surface area contributed by atoms with Gasteiger partial charge in [-0.3, -0.25) is 9.59 Å². The highest BCUT2D eigenvalue weighted by molar-refractivity contribution is 6.21. The number of allylic oxidation sites excluding steroid dienone is 2. The van der Waals surface area contributed by atoms with Gasteiger partial charge in [0.15, 0.2) is 0 Å². The molecule has 19 heavy (non-hydrogen) atoms. The molecule has 1 aromatic rings. The summed E-state index contributed by atoms with van der Waals surface area (Å²) in [7, 11) is 0. The minimum atomic E-state index is -0.330. The number of carbonyl (C=O) groups is 2. The Kier molecular flexibility index (Phi) is 2.99. The van der Waals surface area contributed by atoms with Crippen LogP contribution in [0.4, 0.5) is 0 Å². The summed E-state index contributed by atoms with van der Waals surface area (Å²) in [6.45, 7) is 0. The molecule has 0 N–H and O–H groups in total. The van der Waals surface area contributed by atoms with E-state index >= 15 is 0 Å². The van der Waals surface area contributed by atoms with E-state index in [4.69, 9.17) is 0 Å².